The molecule has 0 spiro atoms. The summed E-state index contributed by atoms with van der Waals surface area (Å²) >= 11 is 2.64. The Bertz CT molecular complexity index is 510. The molecule has 21 heavy (non-hydrogen) atoms. The molecule has 0 heterocycles. The van der Waals surface area contributed by atoms with E-state index in [-0.39, 0.29) is 5.41 Å². The molecule has 0 aromatic heterocycles. The molecule has 0 N–H and O–H groups in total. The number of rotatable bonds is 0. The molecule has 4 aliphatic rings. The van der Waals surface area contributed by atoms with Crippen LogP contribution in [0.3, 0.4) is 0 Å². The average molecular weight is 398 g/mol. The largest absolute Gasteiger partial charge is 0.299 e. The van der Waals surface area contributed by atoms with Gasteiger partial charge in [0.2, 0.25) is 0 Å². The van der Waals surface area contributed by atoms with Crippen molar-refractivity contribution in [3.05, 3.63) is 11.6 Å². The second-order valence-electron chi connectivity index (χ2n) is 8.52. The molecule has 0 aromatic carbocycles. The highest BCUT2D eigenvalue weighted by Crippen LogP contribution is 2.64. The number of hydrogen-bond acceptors (Lipinski definition) is 1. The van der Waals surface area contributed by atoms with Gasteiger partial charge in [-0.3, -0.25) is 4.79 Å². The predicted molar refractivity (Wildman–Crippen MR) is 94.5 cm³/mol. The summed E-state index contributed by atoms with van der Waals surface area (Å²) in [6, 6.07) is 0. The third kappa shape index (κ3) is 1.96. The SMILES string of the molecule is C[C@]12CCC(I)CC1=CCC1C2CC[C@]2(C)C(=O)CCC12. The van der Waals surface area contributed by atoms with Gasteiger partial charge in [-0.15, -0.1) is 0 Å². The number of ketones is 1. The van der Waals surface area contributed by atoms with Crippen LogP contribution in [0.4, 0.5) is 0 Å². The minimum atomic E-state index is 0.0311. The summed E-state index contributed by atoms with van der Waals surface area (Å²) in [7, 11) is 0. The number of alkyl halides is 1. The molecular formula is C19H27IO. The molecule has 0 saturated heterocycles. The van der Waals surface area contributed by atoms with Gasteiger partial charge in [-0.25, -0.2) is 0 Å². The molecule has 4 unspecified atom stereocenters. The Hall–Kier alpha value is 0.140. The fourth-order valence-corrected chi connectivity index (χ4v) is 7.17. The number of Topliss-reactive ketones (excluding diaryl/α,β-unsaturated/α-hetero) is 1. The predicted octanol–water partition coefficient (Wildman–Crippen LogP) is 5.32. The minimum absolute atomic E-state index is 0.0311. The Morgan fingerprint density at radius 1 is 1.10 bits per heavy atom. The molecule has 2 heteroatoms. The Kier molecular flexibility index (Phi) is 3.37. The van der Waals surface area contributed by atoms with Crippen molar-refractivity contribution in [3.63, 3.8) is 0 Å². The van der Waals surface area contributed by atoms with Crippen LogP contribution in [0.5, 0.6) is 0 Å². The fraction of sp³-hybridized carbons (Fsp3) is 0.842. The highest BCUT2D eigenvalue weighted by atomic mass is 127. The Morgan fingerprint density at radius 3 is 2.62 bits per heavy atom. The maximum atomic E-state index is 12.4. The van der Waals surface area contributed by atoms with Crippen LogP contribution in [0, 0.1) is 28.6 Å². The van der Waals surface area contributed by atoms with Gasteiger partial charge in [0.15, 0.2) is 0 Å². The molecule has 4 rings (SSSR count). The summed E-state index contributed by atoms with van der Waals surface area (Å²) in [5.41, 5.74) is 2.25. The van der Waals surface area contributed by atoms with Crippen molar-refractivity contribution in [2.24, 2.45) is 28.6 Å². The zero-order chi connectivity index (χ0) is 14.8. The van der Waals surface area contributed by atoms with E-state index in [4.69, 9.17) is 0 Å². The smallest absolute Gasteiger partial charge is 0.139 e. The third-order valence-electron chi connectivity index (χ3n) is 7.75. The van der Waals surface area contributed by atoms with Crippen molar-refractivity contribution < 1.29 is 4.79 Å². The first kappa shape index (κ1) is 14.7. The Morgan fingerprint density at radius 2 is 1.81 bits per heavy atom. The Balaban J connectivity index is 1.69. The zero-order valence-electron chi connectivity index (χ0n) is 13.3. The number of hydrogen-bond donors (Lipinski definition) is 0. The summed E-state index contributed by atoms with van der Waals surface area (Å²) in [5.74, 6) is 2.89. The van der Waals surface area contributed by atoms with Crippen LogP contribution in [-0.4, -0.2) is 9.71 Å². The normalized spacial score (nSPS) is 52.7. The zero-order valence-corrected chi connectivity index (χ0v) is 15.5. The van der Waals surface area contributed by atoms with Gasteiger partial charge in [0.25, 0.3) is 0 Å². The van der Waals surface area contributed by atoms with Crippen LogP contribution in [0.15, 0.2) is 11.6 Å². The highest BCUT2D eigenvalue weighted by Gasteiger charge is 2.58. The van der Waals surface area contributed by atoms with Crippen LogP contribution >= 0.6 is 22.6 Å². The minimum Gasteiger partial charge on any atom is -0.299 e. The molecule has 1 nitrogen and oxygen atoms in total. The van der Waals surface area contributed by atoms with Gasteiger partial charge in [0, 0.05) is 15.8 Å². The molecule has 0 bridgehead atoms. The standard InChI is InChI=1S/C19H27IO/c1-18-9-7-13(20)11-12(18)3-4-14-15-5-6-17(21)19(15,2)10-8-16(14)18/h3,13-16H,4-11H2,1-2H3/t13?,14?,15?,16?,18-,19-/m0/s1. The van der Waals surface area contributed by atoms with E-state index >= 15 is 0 Å². The molecule has 116 valence electrons. The highest BCUT2D eigenvalue weighted by molar-refractivity contribution is 14.1. The number of carbonyl (C=O) groups excluding carboxylic acids is 1. The van der Waals surface area contributed by atoms with Crippen molar-refractivity contribution in [1.29, 1.82) is 0 Å². The van der Waals surface area contributed by atoms with Crippen molar-refractivity contribution in [1.82, 2.24) is 0 Å². The topological polar surface area (TPSA) is 17.1 Å². The molecule has 0 aromatic rings. The third-order valence-corrected chi connectivity index (χ3v) is 8.82. The van der Waals surface area contributed by atoms with E-state index in [1.165, 1.54) is 38.5 Å². The molecule has 6 atom stereocenters. The van der Waals surface area contributed by atoms with E-state index in [1.807, 2.05) is 0 Å². The number of carbonyl (C=O) groups is 1. The van der Waals surface area contributed by atoms with Crippen LogP contribution in [0.25, 0.3) is 0 Å². The Labute approximate surface area is 142 Å². The molecule has 0 radical (unpaired) electrons. The average Bonchev–Trinajstić information content (AvgIpc) is 2.76. The van der Waals surface area contributed by atoms with Gasteiger partial charge in [-0.2, -0.15) is 0 Å². The van der Waals surface area contributed by atoms with Gasteiger partial charge in [-0.05, 0) is 68.1 Å². The summed E-state index contributed by atoms with van der Waals surface area (Å²) in [6.45, 7) is 4.84. The van der Waals surface area contributed by atoms with Gasteiger partial charge in [0.05, 0.1) is 0 Å². The molecule has 3 saturated carbocycles. The van der Waals surface area contributed by atoms with Gasteiger partial charge in [-0.1, -0.05) is 48.1 Å². The van der Waals surface area contributed by atoms with E-state index in [2.05, 4.69) is 42.5 Å². The van der Waals surface area contributed by atoms with Crippen LogP contribution < -0.4 is 0 Å². The first-order valence-electron chi connectivity index (χ1n) is 8.82. The lowest BCUT2D eigenvalue weighted by Crippen LogP contribution is -2.50. The summed E-state index contributed by atoms with van der Waals surface area (Å²) < 4.78 is 0.848. The van der Waals surface area contributed by atoms with E-state index in [0.717, 1.165) is 28.6 Å². The lowest BCUT2D eigenvalue weighted by atomic mass is 9.48. The molecule has 3 fully saturated rings. The lowest BCUT2D eigenvalue weighted by molar-refractivity contribution is -0.131. The summed E-state index contributed by atoms with van der Waals surface area (Å²) in [5, 5.41) is 0. The number of halogens is 1. The van der Waals surface area contributed by atoms with Crippen molar-refractivity contribution in [3.8, 4) is 0 Å². The van der Waals surface area contributed by atoms with E-state index in [0.29, 0.717) is 17.1 Å². The van der Waals surface area contributed by atoms with Crippen LogP contribution in [0.2, 0.25) is 0 Å². The lowest BCUT2D eigenvalue weighted by Gasteiger charge is -2.56. The van der Waals surface area contributed by atoms with E-state index < -0.39 is 0 Å². The van der Waals surface area contributed by atoms with Crippen LogP contribution in [-0.2, 0) is 4.79 Å². The molecule has 0 aliphatic heterocycles. The quantitative estimate of drug-likeness (QED) is 0.307. The first-order chi connectivity index (χ1) is 9.95. The van der Waals surface area contributed by atoms with Gasteiger partial charge < -0.3 is 0 Å². The maximum Gasteiger partial charge on any atom is 0.139 e. The van der Waals surface area contributed by atoms with Crippen LogP contribution in [0.1, 0.15) is 65.2 Å². The first-order valence-corrected chi connectivity index (χ1v) is 10.1. The van der Waals surface area contributed by atoms with Crippen molar-refractivity contribution in [2.45, 2.75) is 69.1 Å². The van der Waals surface area contributed by atoms with E-state index in [9.17, 15) is 4.79 Å². The summed E-state index contributed by atoms with van der Waals surface area (Å²) in [4.78, 5) is 12.4. The fourth-order valence-electron chi connectivity index (χ4n) is 6.39. The van der Waals surface area contributed by atoms with Gasteiger partial charge >= 0.3 is 0 Å². The van der Waals surface area contributed by atoms with Gasteiger partial charge in [0.1, 0.15) is 5.78 Å². The monoisotopic (exact) mass is 398 g/mol. The molecular weight excluding hydrogens is 371 g/mol. The molecule has 4 aliphatic carbocycles. The molecule has 0 amide bonds. The second-order valence-corrected chi connectivity index (χ2v) is 10.3. The van der Waals surface area contributed by atoms with E-state index in [1.54, 1.807) is 5.57 Å². The number of allylic oxidation sites excluding steroid dienone is 2. The summed E-state index contributed by atoms with van der Waals surface area (Å²) in [6.07, 6.45) is 12.4. The maximum absolute atomic E-state index is 12.4. The van der Waals surface area contributed by atoms with Crippen molar-refractivity contribution >= 4 is 28.4 Å². The van der Waals surface area contributed by atoms with Crippen molar-refractivity contribution in [2.75, 3.05) is 0 Å². The second kappa shape index (κ2) is 4.82. The number of fused-ring (bicyclic) bond motifs is 5.